The topological polar surface area (TPSA) is 105 Å². The van der Waals surface area contributed by atoms with Crippen molar-refractivity contribution in [2.75, 3.05) is 39.2 Å². The Labute approximate surface area is 110 Å². The zero-order valence-electron chi connectivity index (χ0n) is 10.9. The van der Waals surface area contributed by atoms with Gasteiger partial charge in [0, 0.05) is 20.7 Å². The number of nitrogens with zero attached hydrogens (tertiary/aromatic N) is 2. The van der Waals surface area contributed by atoms with E-state index in [-0.39, 0.29) is 24.1 Å². The van der Waals surface area contributed by atoms with Crippen LogP contribution in [0.5, 0.6) is 0 Å². The first-order chi connectivity index (χ1) is 9.17. The molecule has 0 saturated carbocycles. The van der Waals surface area contributed by atoms with Crippen molar-refractivity contribution < 1.29 is 14.3 Å². The Kier molecular flexibility index (Phi) is 6.23. The van der Waals surface area contributed by atoms with E-state index in [1.54, 1.807) is 13.2 Å². The molecule has 0 fully saturated rings. The molecule has 0 bridgehead atoms. The summed E-state index contributed by atoms with van der Waals surface area (Å²) in [5.41, 5.74) is 0.220. The maximum absolute atomic E-state index is 11.4. The zero-order valence-corrected chi connectivity index (χ0v) is 10.9. The summed E-state index contributed by atoms with van der Waals surface area (Å²) in [6.45, 7) is 1.00. The molecule has 0 radical (unpaired) electrons. The number of carbonyl (C=O) groups excluding carboxylic acids is 2. The lowest BCUT2D eigenvalue weighted by atomic mass is 10.3. The highest BCUT2D eigenvalue weighted by Crippen LogP contribution is 2.01. The van der Waals surface area contributed by atoms with Gasteiger partial charge in [0.2, 0.25) is 5.91 Å². The summed E-state index contributed by atoms with van der Waals surface area (Å²) < 4.78 is 4.81. The molecule has 3 N–H and O–H groups in total. The molecular formula is C11H17N5O3. The minimum Gasteiger partial charge on any atom is -0.383 e. The van der Waals surface area contributed by atoms with Gasteiger partial charge in [0.25, 0.3) is 5.91 Å². The summed E-state index contributed by atoms with van der Waals surface area (Å²) in [6, 6.07) is 3.11. The minimum absolute atomic E-state index is 0.0811. The number of rotatable bonds is 7. The Morgan fingerprint density at radius 1 is 1.32 bits per heavy atom. The summed E-state index contributed by atoms with van der Waals surface area (Å²) in [5.74, 6) is -0.0554. The number of methoxy groups -OCH3 is 1. The molecule has 1 heterocycles. The number of anilines is 1. The average Bonchev–Trinajstić information content (AvgIpc) is 2.45. The molecule has 8 heteroatoms. The van der Waals surface area contributed by atoms with Gasteiger partial charge in [-0.1, -0.05) is 0 Å². The van der Waals surface area contributed by atoms with Crippen LogP contribution in [-0.4, -0.2) is 55.9 Å². The van der Waals surface area contributed by atoms with Crippen molar-refractivity contribution in [2.45, 2.75) is 0 Å². The molecule has 2 amide bonds. The van der Waals surface area contributed by atoms with E-state index in [1.165, 1.54) is 13.1 Å². The highest BCUT2D eigenvalue weighted by Gasteiger charge is 2.06. The van der Waals surface area contributed by atoms with Crippen molar-refractivity contribution in [3.63, 3.8) is 0 Å². The lowest BCUT2D eigenvalue weighted by Gasteiger charge is -2.06. The van der Waals surface area contributed by atoms with Crippen molar-refractivity contribution in [3.8, 4) is 0 Å². The third-order valence-electron chi connectivity index (χ3n) is 2.18. The fourth-order valence-electron chi connectivity index (χ4n) is 1.20. The first-order valence-corrected chi connectivity index (χ1v) is 5.72. The van der Waals surface area contributed by atoms with Crippen molar-refractivity contribution >= 4 is 17.6 Å². The number of ether oxygens (including phenoxy) is 1. The molecule has 1 aromatic rings. The van der Waals surface area contributed by atoms with E-state index in [0.717, 1.165) is 0 Å². The van der Waals surface area contributed by atoms with E-state index in [4.69, 9.17) is 4.74 Å². The van der Waals surface area contributed by atoms with E-state index < -0.39 is 0 Å². The van der Waals surface area contributed by atoms with Gasteiger partial charge in [-0.15, -0.1) is 10.2 Å². The third kappa shape index (κ3) is 5.30. The Morgan fingerprint density at radius 3 is 2.68 bits per heavy atom. The number of hydrogen-bond donors (Lipinski definition) is 3. The molecule has 0 aliphatic rings. The summed E-state index contributed by atoms with van der Waals surface area (Å²) in [4.78, 5) is 22.6. The standard InChI is InChI=1S/C11H17N5O3/c1-12-11(18)8-3-4-9(16-15-8)14-7-10(17)13-5-6-19-2/h3-4H,5-7H2,1-2H3,(H,12,18)(H,13,17)(H,14,16). The number of hydrogen-bond acceptors (Lipinski definition) is 6. The van der Waals surface area contributed by atoms with Gasteiger partial charge in [0.1, 0.15) is 5.82 Å². The highest BCUT2D eigenvalue weighted by molar-refractivity contribution is 5.91. The number of amides is 2. The second kappa shape index (κ2) is 7.98. The average molecular weight is 267 g/mol. The molecule has 104 valence electrons. The van der Waals surface area contributed by atoms with E-state index in [0.29, 0.717) is 19.0 Å². The van der Waals surface area contributed by atoms with Crippen LogP contribution in [0.3, 0.4) is 0 Å². The van der Waals surface area contributed by atoms with Gasteiger partial charge in [-0.2, -0.15) is 0 Å². The van der Waals surface area contributed by atoms with Crippen LogP contribution in [0, 0.1) is 0 Å². The second-order valence-electron chi connectivity index (χ2n) is 3.58. The zero-order chi connectivity index (χ0) is 14.1. The lowest BCUT2D eigenvalue weighted by molar-refractivity contribution is -0.119. The normalized spacial score (nSPS) is 9.79. The smallest absolute Gasteiger partial charge is 0.271 e. The summed E-state index contributed by atoms with van der Waals surface area (Å²) >= 11 is 0. The first kappa shape index (κ1) is 14.8. The number of aromatic nitrogens is 2. The molecule has 0 saturated heterocycles. The number of carbonyl (C=O) groups is 2. The van der Waals surface area contributed by atoms with Crippen molar-refractivity contribution in [1.29, 1.82) is 0 Å². The van der Waals surface area contributed by atoms with Gasteiger partial charge in [-0.05, 0) is 12.1 Å². The van der Waals surface area contributed by atoms with Crippen LogP contribution in [-0.2, 0) is 9.53 Å². The SMILES string of the molecule is CNC(=O)c1ccc(NCC(=O)NCCOC)nn1. The van der Waals surface area contributed by atoms with Gasteiger partial charge >= 0.3 is 0 Å². The summed E-state index contributed by atoms with van der Waals surface area (Å²) in [7, 11) is 3.08. The van der Waals surface area contributed by atoms with E-state index in [1.807, 2.05) is 0 Å². The second-order valence-corrected chi connectivity index (χ2v) is 3.58. The fourth-order valence-corrected chi connectivity index (χ4v) is 1.20. The van der Waals surface area contributed by atoms with E-state index in [2.05, 4.69) is 26.1 Å². The van der Waals surface area contributed by atoms with Crippen LogP contribution >= 0.6 is 0 Å². The molecule has 0 aromatic carbocycles. The molecule has 8 nitrogen and oxygen atoms in total. The van der Waals surface area contributed by atoms with E-state index >= 15 is 0 Å². The highest BCUT2D eigenvalue weighted by atomic mass is 16.5. The van der Waals surface area contributed by atoms with Crippen LogP contribution < -0.4 is 16.0 Å². The van der Waals surface area contributed by atoms with Crippen LogP contribution in [0.2, 0.25) is 0 Å². The Morgan fingerprint density at radius 2 is 2.11 bits per heavy atom. The van der Waals surface area contributed by atoms with E-state index in [9.17, 15) is 9.59 Å². The maximum Gasteiger partial charge on any atom is 0.271 e. The first-order valence-electron chi connectivity index (χ1n) is 5.72. The van der Waals surface area contributed by atoms with Gasteiger partial charge in [-0.25, -0.2) is 0 Å². The number of nitrogens with one attached hydrogen (secondary N) is 3. The molecule has 0 spiro atoms. The molecule has 1 aromatic heterocycles. The van der Waals surface area contributed by atoms with Crippen molar-refractivity contribution in [2.24, 2.45) is 0 Å². The molecule has 0 unspecified atom stereocenters. The molecule has 19 heavy (non-hydrogen) atoms. The molecule has 0 atom stereocenters. The Bertz CT molecular complexity index is 421. The van der Waals surface area contributed by atoms with Gasteiger partial charge in [-0.3, -0.25) is 9.59 Å². The van der Waals surface area contributed by atoms with Gasteiger partial charge in [0.15, 0.2) is 5.69 Å². The Balaban J connectivity index is 2.37. The van der Waals surface area contributed by atoms with Crippen molar-refractivity contribution in [1.82, 2.24) is 20.8 Å². The lowest BCUT2D eigenvalue weighted by Crippen LogP contribution is -2.32. The predicted molar refractivity (Wildman–Crippen MR) is 68.8 cm³/mol. The quantitative estimate of drug-likeness (QED) is 0.548. The predicted octanol–water partition coefficient (Wildman–Crippen LogP) is -0.989. The van der Waals surface area contributed by atoms with Gasteiger partial charge in [0.05, 0.1) is 13.2 Å². The molecule has 1 rings (SSSR count). The van der Waals surface area contributed by atoms with Crippen LogP contribution in [0.15, 0.2) is 12.1 Å². The monoisotopic (exact) mass is 267 g/mol. The van der Waals surface area contributed by atoms with Crippen molar-refractivity contribution in [3.05, 3.63) is 17.8 Å². The molecular weight excluding hydrogens is 250 g/mol. The molecule has 0 aliphatic heterocycles. The third-order valence-corrected chi connectivity index (χ3v) is 2.18. The van der Waals surface area contributed by atoms with Crippen LogP contribution in [0.1, 0.15) is 10.5 Å². The summed E-state index contributed by atoms with van der Waals surface area (Å²) in [5, 5.41) is 15.4. The van der Waals surface area contributed by atoms with Crippen LogP contribution in [0.4, 0.5) is 5.82 Å². The Hall–Kier alpha value is -2.22. The maximum atomic E-state index is 11.4. The van der Waals surface area contributed by atoms with Gasteiger partial charge < -0.3 is 20.7 Å². The minimum atomic E-state index is -0.309. The molecule has 0 aliphatic carbocycles. The van der Waals surface area contributed by atoms with Crippen LogP contribution in [0.25, 0.3) is 0 Å². The summed E-state index contributed by atoms with van der Waals surface area (Å²) in [6.07, 6.45) is 0. The fraction of sp³-hybridized carbons (Fsp3) is 0.455. The largest absolute Gasteiger partial charge is 0.383 e.